The number of aliphatic imine (C=N–C) groups is 1. The van der Waals surface area contributed by atoms with Crippen LogP contribution in [0.2, 0.25) is 0 Å². The molecule has 0 aliphatic rings. The van der Waals surface area contributed by atoms with E-state index in [-0.39, 0.29) is 17.8 Å². The van der Waals surface area contributed by atoms with Crippen LogP contribution in [0.1, 0.15) is 26.2 Å². The first kappa shape index (κ1) is 20.5. The zero-order valence-electron chi connectivity index (χ0n) is 11.0. The van der Waals surface area contributed by atoms with Crippen LogP contribution in [0, 0.1) is 0 Å². The van der Waals surface area contributed by atoms with Crippen LogP contribution in [-0.2, 0) is 9.59 Å². The maximum Gasteiger partial charge on any atom is 0.490 e. The second kappa shape index (κ2) is 10.0. The van der Waals surface area contributed by atoms with Crippen LogP contribution in [0.5, 0.6) is 0 Å². The van der Waals surface area contributed by atoms with E-state index in [1.54, 1.807) is 6.92 Å². The number of Topliss-reactive ketones (excluding diaryl/α,β-unsaturated/α-hetero) is 1. The number of guanidine groups is 1. The molecule has 0 rings (SSSR count). The van der Waals surface area contributed by atoms with Gasteiger partial charge < -0.3 is 22.3 Å². The van der Waals surface area contributed by atoms with Crippen LogP contribution < -0.4 is 17.2 Å². The van der Waals surface area contributed by atoms with Gasteiger partial charge in [0.2, 0.25) is 0 Å². The van der Waals surface area contributed by atoms with Crippen molar-refractivity contribution in [3.8, 4) is 0 Å². The number of carbonyl (C=O) groups excluding carboxylic acids is 1. The van der Waals surface area contributed by atoms with Gasteiger partial charge in [0.25, 0.3) is 0 Å². The Kier molecular flexibility index (Phi) is 10.2. The number of carboxylic acid groups (broad SMARTS) is 1. The number of hydrogen-bond acceptors (Lipinski definition) is 4. The molecule has 1 atom stereocenters. The summed E-state index contributed by atoms with van der Waals surface area (Å²) in [5.74, 6) is -2.59. The van der Waals surface area contributed by atoms with Gasteiger partial charge in [-0.05, 0) is 12.8 Å². The van der Waals surface area contributed by atoms with Crippen molar-refractivity contribution >= 4 is 17.7 Å². The summed E-state index contributed by atoms with van der Waals surface area (Å²) in [6.45, 7) is 2.34. The highest BCUT2D eigenvalue weighted by Gasteiger charge is 2.38. The van der Waals surface area contributed by atoms with Crippen LogP contribution in [0.4, 0.5) is 13.2 Å². The second-order valence-corrected chi connectivity index (χ2v) is 3.68. The molecule has 0 aromatic heterocycles. The van der Waals surface area contributed by atoms with Gasteiger partial charge >= 0.3 is 12.1 Å². The Hall–Kier alpha value is -1.84. The van der Waals surface area contributed by atoms with E-state index in [0.717, 1.165) is 6.42 Å². The standard InChI is InChI=1S/C8H18N4O.C2HF3O2/c1-2-7(13)6(9)4-3-5-12-8(10)11;3-2(4,5)1(6)7/h6H,2-5,9H2,1H3,(H4,10,11,12);(H,6,7). The molecule has 0 heterocycles. The molecule has 0 bridgehead atoms. The first-order valence-corrected chi connectivity index (χ1v) is 5.66. The highest BCUT2D eigenvalue weighted by Crippen LogP contribution is 2.13. The van der Waals surface area contributed by atoms with Crippen molar-refractivity contribution in [2.75, 3.05) is 6.54 Å². The van der Waals surface area contributed by atoms with E-state index >= 15 is 0 Å². The third kappa shape index (κ3) is 12.6. The largest absolute Gasteiger partial charge is 0.490 e. The van der Waals surface area contributed by atoms with Crippen molar-refractivity contribution in [1.82, 2.24) is 0 Å². The lowest BCUT2D eigenvalue weighted by Gasteiger charge is -2.07. The fourth-order valence-corrected chi connectivity index (χ4v) is 0.943. The summed E-state index contributed by atoms with van der Waals surface area (Å²) in [5, 5.41) is 7.12. The van der Waals surface area contributed by atoms with E-state index in [1.165, 1.54) is 0 Å². The summed E-state index contributed by atoms with van der Waals surface area (Å²) in [4.78, 5) is 23.7. The lowest BCUT2D eigenvalue weighted by molar-refractivity contribution is -0.192. The molecule has 1 unspecified atom stereocenters. The van der Waals surface area contributed by atoms with E-state index in [1.807, 2.05) is 0 Å². The van der Waals surface area contributed by atoms with Crippen molar-refractivity contribution in [3.63, 3.8) is 0 Å². The number of ketones is 1. The summed E-state index contributed by atoms with van der Waals surface area (Å²) in [6.07, 6.45) is -3.21. The molecule has 0 aromatic rings. The summed E-state index contributed by atoms with van der Waals surface area (Å²) < 4.78 is 31.7. The van der Waals surface area contributed by atoms with Crippen LogP contribution in [-0.4, -0.2) is 41.6 Å². The molecule has 118 valence electrons. The predicted octanol–water partition coefficient (Wildman–Crippen LogP) is -0.0203. The Bertz CT molecular complexity index is 341. The van der Waals surface area contributed by atoms with Crippen LogP contribution in [0.25, 0.3) is 0 Å². The smallest absolute Gasteiger partial charge is 0.475 e. The first-order valence-electron chi connectivity index (χ1n) is 5.66. The maximum absolute atomic E-state index is 11.0. The van der Waals surface area contributed by atoms with Crippen molar-refractivity contribution in [3.05, 3.63) is 0 Å². The van der Waals surface area contributed by atoms with Crippen molar-refractivity contribution < 1.29 is 27.9 Å². The normalized spacial score (nSPS) is 11.8. The zero-order valence-corrected chi connectivity index (χ0v) is 11.0. The number of hydrogen-bond donors (Lipinski definition) is 4. The maximum atomic E-state index is 11.0. The number of carboxylic acids is 1. The first-order chi connectivity index (χ1) is 9.02. The third-order valence-corrected chi connectivity index (χ3v) is 1.97. The molecule has 7 N–H and O–H groups in total. The fourth-order valence-electron chi connectivity index (χ4n) is 0.943. The average molecular weight is 300 g/mol. The Labute approximate surface area is 114 Å². The van der Waals surface area contributed by atoms with Gasteiger partial charge in [0, 0.05) is 13.0 Å². The van der Waals surface area contributed by atoms with Gasteiger partial charge in [-0.1, -0.05) is 6.92 Å². The fraction of sp³-hybridized carbons (Fsp3) is 0.700. The van der Waals surface area contributed by atoms with E-state index in [0.29, 0.717) is 19.4 Å². The number of nitrogens with two attached hydrogens (primary N) is 3. The quantitative estimate of drug-likeness (QED) is 0.308. The van der Waals surface area contributed by atoms with Crippen molar-refractivity contribution in [1.29, 1.82) is 0 Å². The molecule has 0 aromatic carbocycles. The molecule has 0 amide bonds. The van der Waals surface area contributed by atoms with Crippen molar-refractivity contribution in [2.24, 2.45) is 22.2 Å². The minimum Gasteiger partial charge on any atom is -0.475 e. The Morgan fingerprint density at radius 3 is 2.05 bits per heavy atom. The summed E-state index contributed by atoms with van der Waals surface area (Å²) >= 11 is 0. The second-order valence-electron chi connectivity index (χ2n) is 3.68. The van der Waals surface area contributed by atoms with Gasteiger partial charge in [-0.3, -0.25) is 9.79 Å². The number of nitrogens with zero attached hydrogens (tertiary/aromatic N) is 1. The van der Waals surface area contributed by atoms with Crippen LogP contribution >= 0.6 is 0 Å². The van der Waals surface area contributed by atoms with Gasteiger partial charge in [-0.25, -0.2) is 4.79 Å². The highest BCUT2D eigenvalue weighted by atomic mass is 19.4. The molecule has 0 radical (unpaired) electrons. The molecular formula is C10H19F3N4O3. The minimum atomic E-state index is -5.08. The number of aliphatic carboxylic acids is 1. The van der Waals surface area contributed by atoms with Crippen LogP contribution in [0.3, 0.4) is 0 Å². The molecule has 0 fully saturated rings. The molecule has 7 nitrogen and oxygen atoms in total. The van der Waals surface area contributed by atoms with E-state index in [4.69, 9.17) is 27.1 Å². The lowest BCUT2D eigenvalue weighted by Crippen LogP contribution is -2.30. The van der Waals surface area contributed by atoms with Gasteiger partial charge in [-0.15, -0.1) is 0 Å². The topological polar surface area (TPSA) is 145 Å². The lowest BCUT2D eigenvalue weighted by atomic mass is 10.1. The predicted molar refractivity (Wildman–Crippen MR) is 66.9 cm³/mol. The van der Waals surface area contributed by atoms with Crippen LogP contribution in [0.15, 0.2) is 4.99 Å². The molecular weight excluding hydrogens is 281 g/mol. The minimum absolute atomic E-state index is 0.0791. The monoisotopic (exact) mass is 300 g/mol. The average Bonchev–Trinajstić information content (AvgIpc) is 2.32. The van der Waals surface area contributed by atoms with Gasteiger partial charge in [0.05, 0.1) is 6.04 Å². The number of rotatable bonds is 6. The summed E-state index contributed by atoms with van der Waals surface area (Å²) in [6, 6.07) is -0.362. The molecule has 20 heavy (non-hydrogen) atoms. The Balaban J connectivity index is 0. The third-order valence-electron chi connectivity index (χ3n) is 1.97. The Morgan fingerprint density at radius 2 is 1.75 bits per heavy atom. The van der Waals surface area contributed by atoms with E-state index < -0.39 is 12.1 Å². The molecule has 10 heteroatoms. The summed E-state index contributed by atoms with van der Waals surface area (Å²) in [5.41, 5.74) is 15.8. The molecule has 0 aliphatic heterocycles. The van der Waals surface area contributed by atoms with Gasteiger partial charge in [0.1, 0.15) is 5.78 Å². The summed E-state index contributed by atoms with van der Waals surface area (Å²) in [7, 11) is 0. The SMILES string of the molecule is CCC(=O)C(N)CCCN=C(N)N.O=C(O)C(F)(F)F. The molecule has 0 saturated carbocycles. The van der Waals surface area contributed by atoms with E-state index in [2.05, 4.69) is 4.99 Å². The molecule has 0 spiro atoms. The van der Waals surface area contributed by atoms with E-state index in [9.17, 15) is 18.0 Å². The van der Waals surface area contributed by atoms with Gasteiger partial charge in [0.15, 0.2) is 5.96 Å². The number of alkyl halides is 3. The highest BCUT2D eigenvalue weighted by molar-refractivity contribution is 5.83. The molecule has 0 saturated heterocycles. The molecule has 0 aliphatic carbocycles. The Morgan fingerprint density at radius 1 is 1.30 bits per heavy atom. The van der Waals surface area contributed by atoms with Gasteiger partial charge in [-0.2, -0.15) is 13.2 Å². The number of carbonyl (C=O) groups is 2. The number of halogens is 3. The van der Waals surface area contributed by atoms with Crippen molar-refractivity contribution in [2.45, 2.75) is 38.4 Å². The zero-order chi connectivity index (χ0) is 16.3.